The number of hydrogen-bond acceptors (Lipinski definition) is 0. The van der Waals surface area contributed by atoms with Crippen molar-refractivity contribution in [3.63, 3.8) is 0 Å². The lowest BCUT2D eigenvalue weighted by Crippen LogP contribution is -2.15. The Kier molecular flexibility index (Phi) is 3.96. The summed E-state index contributed by atoms with van der Waals surface area (Å²) < 4.78 is 2.48. The standard InChI is InChI=1S/C33H25N/c1-33(2)27-19-11-9-17-24(27)31-28(33)21-26(22-13-5-3-6-14-22)30-25-18-10-12-20-29(25)34(32(30)31)23-15-7-4-8-16-23/h3-21H,1-2H3. The molecule has 6 aromatic rings. The van der Waals surface area contributed by atoms with E-state index >= 15 is 0 Å². The van der Waals surface area contributed by atoms with Crippen molar-refractivity contribution in [2.75, 3.05) is 0 Å². The van der Waals surface area contributed by atoms with Crippen LogP contribution in [0.5, 0.6) is 0 Å². The normalized spacial score (nSPS) is 13.8. The number of para-hydroxylation sites is 2. The SMILES string of the molecule is CC1(C)c2ccccc2-c2c1cc(-c1ccccc1)c1c3ccccc3n(-c3ccccc3)c21. The van der Waals surface area contributed by atoms with E-state index in [1.165, 1.54) is 60.9 Å². The van der Waals surface area contributed by atoms with Gasteiger partial charge in [0.2, 0.25) is 0 Å². The summed E-state index contributed by atoms with van der Waals surface area (Å²) in [6.45, 7) is 4.74. The lowest BCUT2D eigenvalue weighted by molar-refractivity contribution is 0.661. The van der Waals surface area contributed by atoms with E-state index in [-0.39, 0.29) is 5.41 Å². The molecule has 34 heavy (non-hydrogen) atoms. The first-order chi connectivity index (χ1) is 16.7. The minimum atomic E-state index is -0.0678. The van der Waals surface area contributed by atoms with Crippen LogP contribution in [0.4, 0.5) is 0 Å². The van der Waals surface area contributed by atoms with Crippen LogP contribution in [0.15, 0.2) is 115 Å². The minimum Gasteiger partial charge on any atom is -0.309 e. The number of benzene rings is 5. The van der Waals surface area contributed by atoms with Gasteiger partial charge in [-0.1, -0.05) is 105 Å². The highest BCUT2D eigenvalue weighted by Crippen LogP contribution is 2.55. The van der Waals surface area contributed by atoms with Crippen LogP contribution >= 0.6 is 0 Å². The van der Waals surface area contributed by atoms with Crippen molar-refractivity contribution in [3.8, 4) is 27.9 Å². The van der Waals surface area contributed by atoms with Crippen molar-refractivity contribution in [1.82, 2.24) is 4.57 Å². The second-order valence-corrected chi connectivity index (χ2v) is 9.80. The molecule has 1 aliphatic rings. The van der Waals surface area contributed by atoms with E-state index in [0.29, 0.717) is 0 Å². The Morgan fingerprint density at radius 1 is 0.588 bits per heavy atom. The summed E-state index contributed by atoms with van der Waals surface area (Å²) in [4.78, 5) is 0. The van der Waals surface area contributed by atoms with Gasteiger partial charge < -0.3 is 4.57 Å². The Balaban J connectivity index is 1.78. The van der Waals surface area contributed by atoms with Gasteiger partial charge in [-0.05, 0) is 52.1 Å². The molecule has 0 saturated carbocycles. The Morgan fingerprint density at radius 2 is 1.24 bits per heavy atom. The molecule has 162 valence electrons. The summed E-state index contributed by atoms with van der Waals surface area (Å²) in [6.07, 6.45) is 0. The van der Waals surface area contributed by atoms with Crippen molar-refractivity contribution in [1.29, 1.82) is 0 Å². The predicted octanol–water partition coefficient (Wildman–Crippen LogP) is 8.76. The second-order valence-electron chi connectivity index (χ2n) is 9.80. The zero-order valence-corrected chi connectivity index (χ0v) is 19.4. The number of fused-ring (bicyclic) bond motifs is 7. The van der Waals surface area contributed by atoms with Gasteiger partial charge >= 0.3 is 0 Å². The number of nitrogens with zero attached hydrogens (tertiary/aromatic N) is 1. The average Bonchev–Trinajstić information content (AvgIpc) is 3.35. The van der Waals surface area contributed by atoms with Crippen LogP contribution in [0.2, 0.25) is 0 Å². The van der Waals surface area contributed by atoms with Crippen molar-refractivity contribution in [3.05, 3.63) is 126 Å². The largest absolute Gasteiger partial charge is 0.309 e. The third-order valence-electron chi connectivity index (χ3n) is 7.58. The molecule has 1 heterocycles. The Bertz CT molecular complexity index is 1700. The molecular weight excluding hydrogens is 410 g/mol. The van der Waals surface area contributed by atoms with Gasteiger partial charge in [-0.25, -0.2) is 0 Å². The molecule has 0 N–H and O–H groups in total. The van der Waals surface area contributed by atoms with Crippen LogP contribution in [0.25, 0.3) is 49.7 Å². The highest BCUT2D eigenvalue weighted by molar-refractivity contribution is 6.21. The molecule has 1 aromatic heterocycles. The maximum atomic E-state index is 2.48. The summed E-state index contributed by atoms with van der Waals surface area (Å²) in [5.41, 5.74) is 11.8. The molecule has 1 nitrogen and oxygen atoms in total. The molecular formula is C33H25N. The molecule has 0 fully saturated rings. The average molecular weight is 436 g/mol. The molecule has 5 aromatic carbocycles. The van der Waals surface area contributed by atoms with E-state index in [9.17, 15) is 0 Å². The molecule has 0 unspecified atom stereocenters. The fourth-order valence-electron chi connectivity index (χ4n) is 6.01. The molecule has 0 bridgehead atoms. The zero-order chi connectivity index (χ0) is 22.9. The van der Waals surface area contributed by atoms with Gasteiger partial charge in [-0.15, -0.1) is 0 Å². The predicted molar refractivity (Wildman–Crippen MR) is 144 cm³/mol. The fourth-order valence-corrected chi connectivity index (χ4v) is 6.01. The molecule has 0 aliphatic heterocycles. The van der Waals surface area contributed by atoms with E-state index in [0.717, 1.165) is 0 Å². The molecule has 7 rings (SSSR count). The third-order valence-corrected chi connectivity index (χ3v) is 7.58. The lowest BCUT2D eigenvalue weighted by atomic mass is 9.81. The summed E-state index contributed by atoms with van der Waals surface area (Å²) in [6, 6.07) is 42.0. The summed E-state index contributed by atoms with van der Waals surface area (Å²) in [7, 11) is 0. The highest BCUT2D eigenvalue weighted by Gasteiger charge is 2.38. The molecule has 0 spiro atoms. The van der Waals surface area contributed by atoms with Crippen molar-refractivity contribution >= 4 is 21.8 Å². The van der Waals surface area contributed by atoms with Gasteiger partial charge in [0.1, 0.15) is 0 Å². The Morgan fingerprint density at radius 3 is 2.03 bits per heavy atom. The van der Waals surface area contributed by atoms with Crippen LogP contribution in [0, 0.1) is 0 Å². The monoisotopic (exact) mass is 435 g/mol. The maximum Gasteiger partial charge on any atom is 0.0628 e. The molecule has 0 atom stereocenters. The number of aromatic nitrogens is 1. The first-order valence-electron chi connectivity index (χ1n) is 12.0. The smallest absolute Gasteiger partial charge is 0.0628 e. The number of hydrogen-bond donors (Lipinski definition) is 0. The molecule has 1 heteroatoms. The van der Waals surface area contributed by atoms with Gasteiger partial charge in [0, 0.05) is 27.4 Å². The van der Waals surface area contributed by atoms with E-state index in [2.05, 4.69) is 134 Å². The van der Waals surface area contributed by atoms with Gasteiger partial charge in [0.05, 0.1) is 11.0 Å². The van der Waals surface area contributed by atoms with Gasteiger partial charge in [-0.3, -0.25) is 0 Å². The summed E-state index contributed by atoms with van der Waals surface area (Å²) >= 11 is 0. The van der Waals surface area contributed by atoms with Crippen molar-refractivity contribution < 1.29 is 0 Å². The number of rotatable bonds is 2. The third kappa shape index (κ3) is 2.50. The van der Waals surface area contributed by atoms with Crippen LogP contribution < -0.4 is 0 Å². The van der Waals surface area contributed by atoms with Crippen LogP contribution in [0.1, 0.15) is 25.0 Å². The Hall–Kier alpha value is -4.10. The summed E-state index contributed by atoms with van der Waals surface area (Å²) in [5, 5.41) is 2.63. The van der Waals surface area contributed by atoms with Gasteiger partial charge in [0.15, 0.2) is 0 Å². The second kappa shape index (κ2) is 6.95. The molecule has 1 aliphatic carbocycles. The molecule has 0 saturated heterocycles. The van der Waals surface area contributed by atoms with Crippen molar-refractivity contribution in [2.24, 2.45) is 0 Å². The van der Waals surface area contributed by atoms with E-state index in [4.69, 9.17) is 0 Å². The Labute approximate surface area is 199 Å². The quantitative estimate of drug-likeness (QED) is 0.256. The summed E-state index contributed by atoms with van der Waals surface area (Å²) in [5.74, 6) is 0. The minimum absolute atomic E-state index is 0.0678. The first-order valence-corrected chi connectivity index (χ1v) is 12.0. The van der Waals surface area contributed by atoms with E-state index in [1.54, 1.807) is 0 Å². The fraction of sp³-hybridized carbons (Fsp3) is 0.0909. The first kappa shape index (κ1) is 19.4. The highest BCUT2D eigenvalue weighted by atomic mass is 15.0. The van der Waals surface area contributed by atoms with Gasteiger partial charge in [0.25, 0.3) is 0 Å². The maximum absolute atomic E-state index is 2.48. The lowest BCUT2D eigenvalue weighted by Gasteiger charge is -2.23. The van der Waals surface area contributed by atoms with Crippen molar-refractivity contribution in [2.45, 2.75) is 19.3 Å². The van der Waals surface area contributed by atoms with Crippen LogP contribution in [-0.2, 0) is 5.41 Å². The zero-order valence-electron chi connectivity index (χ0n) is 19.4. The molecule has 0 amide bonds. The van der Waals surface area contributed by atoms with Crippen LogP contribution in [-0.4, -0.2) is 4.57 Å². The van der Waals surface area contributed by atoms with Crippen LogP contribution in [0.3, 0.4) is 0 Å². The topological polar surface area (TPSA) is 4.93 Å². The molecule has 0 radical (unpaired) electrons. The van der Waals surface area contributed by atoms with E-state index < -0.39 is 0 Å². The van der Waals surface area contributed by atoms with Gasteiger partial charge in [-0.2, -0.15) is 0 Å². The van der Waals surface area contributed by atoms with E-state index in [1.807, 2.05) is 0 Å².